The van der Waals surface area contributed by atoms with E-state index in [0.29, 0.717) is 6.42 Å². The molecule has 6 heteroatoms. The summed E-state index contributed by atoms with van der Waals surface area (Å²) < 4.78 is 2.55. The van der Waals surface area contributed by atoms with Crippen molar-refractivity contribution in [2.45, 2.75) is 29.1 Å². The van der Waals surface area contributed by atoms with E-state index in [1.54, 1.807) is 0 Å². The van der Waals surface area contributed by atoms with Crippen molar-refractivity contribution >= 4 is 52.4 Å². The van der Waals surface area contributed by atoms with Gasteiger partial charge in [-0.25, -0.2) is 4.79 Å². The van der Waals surface area contributed by atoms with Gasteiger partial charge in [-0.3, -0.25) is 0 Å². The van der Waals surface area contributed by atoms with Crippen LogP contribution in [0.1, 0.15) is 19.8 Å². The zero-order valence-corrected chi connectivity index (χ0v) is 9.34. The minimum absolute atomic E-state index is 0.536. The van der Waals surface area contributed by atoms with Crippen LogP contribution in [0.3, 0.4) is 0 Å². The van der Waals surface area contributed by atoms with Crippen LogP contribution in [0, 0.1) is 0 Å². The van der Waals surface area contributed by atoms with Gasteiger partial charge in [0.25, 0.3) is 3.79 Å². The molecular formula is C6H8Cl4O2. The van der Waals surface area contributed by atoms with Crippen LogP contribution < -0.4 is 0 Å². The fourth-order valence-corrected chi connectivity index (χ4v) is 0.902. The number of esters is 1. The van der Waals surface area contributed by atoms with Crippen molar-refractivity contribution in [1.82, 2.24) is 0 Å². The van der Waals surface area contributed by atoms with Gasteiger partial charge in [0.1, 0.15) is 0 Å². The smallest absolute Gasteiger partial charge is 0.360 e. The summed E-state index contributed by atoms with van der Waals surface area (Å²) in [5, 5.41) is 0. The Balaban J connectivity index is 3.85. The first-order valence-electron chi connectivity index (χ1n) is 3.29. The minimum Gasteiger partial charge on any atom is -0.443 e. The third-order valence-electron chi connectivity index (χ3n) is 0.982. The average Bonchev–Trinajstić information content (AvgIpc) is 1.85. The molecule has 0 radical (unpaired) electrons. The predicted molar refractivity (Wildman–Crippen MR) is 50.9 cm³/mol. The molecule has 0 spiro atoms. The average molecular weight is 254 g/mol. The Bertz CT molecular complexity index is 154. The highest BCUT2D eigenvalue weighted by atomic mass is 35.6. The quantitative estimate of drug-likeness (QED) is 0.570. The molecule has 0 saturated carbocycles. The second-order valence-electron chi connectivity index (χ2n) is 2.10. The number of rotatable bonds is 3. The predicted octanol–water partition coefficient (Wildman–Crippen LogP) is 3.26. The molecule has 0 N–H and O–H groups in total. The van der Waals surface area contributed by atoms with Crippen LogP contribution in [0.2, 0.25) is 0 Å². The summed E-state index contributed by atoms with van der Waals surface area (Å²) in [5.41, 5.74) is -0.724. The second kappa shape index (κ2) is 5.38. The maximum absolute atomic E-state index is 10.8. The molecule has 1 unspecified atom stereocenters. The van der Waals surface area contributed by atoms with Crippen molar-refractivity contribution in [3.8, 4) is 0 Å². The van der Waals surface area contributed by atoms with Crippen molar-refractivity contribution in [2.24, 2.45) is 0 Å². The SMILES string of the molecule is CCCC(Cl)OC(=O)C(Cl)(Cl)Cl. The molecule has 0 saturated heterocycles. The number of carbonyl (C=O) groups excluding carboxylic acids is 1. The molecule has 0 fully saturated rings. The van der Waals surface area contributed by atoms with E-state index in [1.165, 1.54) is 0 Å². The largest absolute Gasteiger partial charge is 0.443 e. The molecule has 0 rings (SSSR count). The maximum Gasteiger partial charge on any atom is 0.360 e. The van der Waals surface area contributed by atoms with Gasteiger partial charge in [-0.05, 0) is 6.42 Å². The van der Waals surface area contributed by atoms with E-state index < -0.39 is 15.3 Å². The molecule has 12 heavy (non-hydrogen) atoms. The molecule has 0 aliphatic carbocycles. The number of hydrogen-bond acceptors (Lipinski definition) is 2. The van der Waals surface area contributed by atoms with E-state index in [2.05, 4.69) is 4.74 Å². The molecule has 0 aliphatic rings. The first-order valence-corrected chi connectivity index (χ1v) is 4.86. The Morgan fingerprint density at radius 3 is 2.33 bits per heavy atom. The normalized spacial score (nSPS) is 14.1. The number of halogens is 4. The van der Waals surface area contributed by atoms with E-state index in [9.17, 15) is 4.79 Å². The molecule has 72 valence electrons. The molecule has 0 amide bonds. The van der Waals surface area contributed by atoms with Crippen LogP contribution in [0.15, 0.2) is 0 Å². The molecule has 1 atom stereocenters. The lowest BCUT2D eigenvalue weighted by molar-refractivity contribution is -0.144. The zero-order valence-electron chi connectivity index (χ0n) is 6.32. The van der Waals surface area contributed by atoms with Gasteiger partial charge in [0, 0.05) is 0 Å². The number of hydrogen-bond donors (Lipinski definition) is 0. The van der Waals surface area contributed by atoms with Crippen LogP contribution in [-0.2, 0) is 9.53 Å². The van der Waals surface area contributed by atoms with E-state index in [-0.39, 0.29) is 0 Å². The summed E-state index contributed by atoms with van der Waals surface area (Å²) in [6.45, 7) is 1.90. The highest BCUT2D eigenvalue weighted by Gasteiger charge is 2.34. The van der Waals surface area contributed by atoms with Crippen molar-refractivity contribution in [1.29, 1.82) is 0 Å². The van der Waals surface area contributed by atoms with Crippen LogP contribution in [0.4, 0.5) is 0 Å². The van der Waals surface area contributed by atoms with Gasteiger partial charge in [-0.15, -0.1) is 0 Å². The minimum atomic E-state index is -2.04. The Hall–Kier alpha value is 0.630. The number of alkyl halides is 4. The zero-order chi connectivity index (χ0) is 9.78. The first-order chi connectivity index (χ1) is 5.38. The summed E-state index contributed by atoms with van der Waals surface area (Å²) in [6.07, 6.45) is 1.33. The monoisotopic (exact) mass is 252 g/mol. The Kier molecular flexibility index (Phi) is 5.66. The Labute approximate surface area is 91.1 Å². The molecule has 0 bridgehead atoms. The van der Waals surface area contributed by atoms with Crippen LogP contribution in [0.5, 0.6) is 0 Å². The molecular weight excluding hydrogens is 246 g/mol. The van der Waals surface area contributed by atoms with Gasteiger partial charge >= 0.3 is 5.97 Å². The van der Waals surface area contributed by atoms with Crippen LogP contribution >= 0.6 is 46.4 Å². The molecule has 0 aromatic carbocycles. The first kappa shape index (κ1) is 12.6. The highest BCUT2D eigenvalue weighted by molar-refractivity contribution is 6.75. The van der Waals surface area contributed by atoms with Gasteiger partial charge in [0.15, 0.2) is 5.56 Å². The van der Waals surface area contributed by atoms with Gasteiger partial charge < -0.3 is 4.74 Å². The summed E-state index contributed by atoms with van der Waals surface area (Å²) >= 11 is 21.2. The lowest BCUT2D eigenvalue weighted by atomic mass is 10.4. The van der Waals surface area contributed by atoms with Gasteiger partial charge in [0.05, 0.1) is 0 Å². The number of carbonyl (C=O) groups is 1. The van der Waals surface area contributed by atoms with E-state index >= 15 is 0 Å². The summed E-state index contributed by atoms with van der Waals surface area (Å²) in [7, 11) is 0. The van der Waals surface area contributed by atoms with Crippen molar-refractivity contribution in [2.75, 3.05) is 0 Å². The van der Waals surface area contributed by atoms with E-state index in [4.69, 9.17) is 46.4 Å². The standard InChI is InChI=1S/C6H8Cl4O2/c1-2-3-4(7)12-5(11)6(8,9)10/h4H,2-3H2,1H3. The van der Waals surface area contributed by atoms with Crippen molar-refractivity contribution in [3.05, 3.63) is 0 Å². The Morgan fingerprint density at radius 2 is 2.00 bits per heavy atom. The van der Waals surface area contributed by atoms with Crippen LogP contribution in [0.25, 0.3) is 0 Å². The summed E-state index contributed by atoms with van der Waals surface area (Å²) in [6, 6.07) is 0. The Morgan fingerprint density at radius 1 is 1.50 bits per heavy atom. The third-order valence-corrected chi connectivity index (χ3v) is 1.75. The lowest BCUT2D eigenvalue weighted by Crippen LogP contribution is -2.25. The van der Waals surface area contributed by atoms with Gasteiger partial charge in [0.2, 0.25) is 0 Å². The van der Waals surface area contributed by atoms with Gasteiger partial charge in [-0.2, -0.15) is 0 Å². The molecule has 0 heterocycles. The molecule has 0 aromatic rings. The molecule has 0 aromatic heterocycles. The topological polar surface area (TPSA) is 26.3 Å². The maximum atomic E-state index is 10.8. The third kappa shape index (κ3) is 5.31. The highest BCUT2D eigenvalue weighted by Crippen LogP contribution is 2.28. The molecule has 2 nitrogen and oxygen atoms in total. The fraction of sp³-hybridized carbons (Fsp3) is 0.833. The van der Waals surface area contributed by atoms with Gasteiger partial charge in [-0.1, -0.05) is 59.7 Å². The summed E-state index contributed by atoms with van der Waals surface area (Å²) in [4.78, 5) is 10.8. The van der Waals surface area contributed by atoms with Crippen molar-refractivity contribution < 1.29 is 9.53 Å². The molecule has 0 aliphatic heterocycles. The van der Waals surface area contributed by atoms with E-state index in [0.717, 1.165) is 6.42 Å². The summed E-state index contributed by atoms with van der Waals surface area (Å²) in [5.74, 6) is -0.944. The number of ether oxygens (including phenoxy) is 1. The van der Waals surface area contributed by atoms with E-state index in [1.807, 2.05) is 6.92 Å². The second-order valence-corrected chi connectivity index (χ2v) is 4.87. The lowest BCUT2D eigenvalue weighted by Gasteiger charge is -2.13. The fourth-order valence-electron chi connectivity index (χ4n) is 0.469. The van der Waals surface area contributed by atoms with Crippen molar-refractivity contribution in [3.63, 3.8) is 0 Å². The van der Waals surface area contributed by atoms with Crippen LogP contribution in [-0.4, -0.2) is 15.3 Å².